The van der Waals surface area contributed by atoms with Crippen LogP contribution in [0.15, 0.2) is 11.2 Å². The Balaban J connectivity index is 2.57. The van der Waals surface area contributed by atoms with Crippen LogP contribution in [0.25, 0.3) is 0 Å². The zero-order chi connectivity index (χ0) is 18.5. The average Bonchev–Trinajstić information content (AvgIpc) is 2.84. The number of sulfonamides is 1. The van der Waals surface area contributed by atoms with Gasteiger partial charge in [0.05, 0.1) is 0 Å². The minimum Gasteiger partial charge on any atom is -0.480 e. The first-order chi connectivity index (χ1) is 11.1. The van der Waals surface area contributed by atoms with E-state index in [4.69, 9.17) is 5.11 Å². The summed E-state index contributed by atoms with van der Waals surface area (Å²) >= 11 is 0. The van der Waals surface area contributed by atoms with Gasteiger partial charge in [0.25, 0.3) is 10.0 Å². The van der Waals surface area contributed by atoms with Crippen molar-refractivity contribution in [3.8, 4) is 0 Å². The lowest BCUT2D eigenvalue weighted by atomic mass is 9.99. The summed E-state index contributed by atoms with van der Waals surface area (Å²) in [6, 6.07) is -0.988. The molecular formula is C14H24N4O5S. The number of aromatic nitrogens is 2. The lowest BCUT2D eigenvalue weighted by Gasteiger charge is -2.20. The first-order valence-corrected chi connectivity index (χ1v) is 9.08. The van der Waals surface area contributed by atoms with Crippen molar-refractivity contribution in [2.24, 2.45) is 13.0 Å². The highest BCUT2D eigenvalue weighted by atomic mass is 32.2. The van der Waals surface area contributed by atoms with Gasteiger partial charge in [-0.1, -0.05) is 20.3 Å². The molecule has 1 rings (SSSR count). The Morgan fingerprint density at radius 1 is 1.42 bits per heavy atom. The second-order valence-corrected chi connectivity index (χ2v) is 7.37. The molecule has 0 fully saturated rings. The fraction of sp³-hybridized carbons (Fsp3) is 0.643. The Labute approximate surface area is 141 Å². The third-order valence-corrected chi connectivity index (χ3v) is 5.13. The molecule has 10 heteroatoms. The maximum atomic E-state index is 12.1. The molecule has 0 saturated carbocycles. The van der Waals surface area contributed by atoms with Crippen molar-refractivity contribution in [3.63, 3.8) is 0 Å². The molecule has 136 valence electrons. The summed E-state index contributed by atoms with van der Waals surface area (Å²) in [6.45, 7) is 5.09. The van der Waals surface area contributed by atoms with E-state index in [1.165, 1.54) is 6.20 Å². The van der Waals surface area contributed by atoms with Crippen LogP contribution in [-0.2, 0) is 26.7 Å². The number of hydrogen-bond acceptors (Lipinski definition) is 5. The highest BCUT2D eigenvalue weighted by Gasteiger charge is 2.25. The first kappa shape index (κ1) is 20.1. The number of carbonyl (C=O) groups is 2. The van der Waals surface area contributed by atoms with E-state index in [0.29, 0.717) is 12.2 Å². The molecule has 0 unspecified atom stereocenters. The second kappa shape index (κ2) is 8.25. The Morgan fingerprint density at radius 2 is 2.04 bits per heavy atom. The largest absolute Gasteiger partial charge is 0.480 e. The summed E-state index contributed by atoms with van der Waals surface area (Å²) < 4.78 is 28.0. The molecule has 24 heavy (non-hydrogen) atoms. The smallest absolute Gasteiger partial charge is 0.326 e. The van der Waals surface area contributed by atoms with Crippen LogP contribution in [0.5, 0.6) is 0 Å². The maximum Gasteiger partial charge on any atom is 0.326 e. The quantitative estimate of drug-likeness (QED) is 0.569. The van der Waals surface area contributed by atoms with Crippen molar-refractivity contribution in [1.29, 1.82) is 0 Å². The highest BCUT2D eigenvalue weighted by molar-refractivity contribution is 7.89. The molecule has 1 aromatic heterocycles. The molecule has 0 aromatic carbocycles. The number of nitrogens with zero attached hydrogens (tertiary/aromatic N) is 2. The molecule has 0 bridgehead atoms. The van der Waals surface area contributed by atoms with E-state index >= 15 is 0 Å². The van der Waals surface area contributed by atoms with Crippen LogP contribution < -0.4 is 10.0 Å². The van der Waals surface area contributed by atoms with Gasteiger partial charge in [-0.2, -0.15) is 0 Å². The summed E-state index contributed by atoms with van der Waals surface area (Å²) in [7, 11) is -2.13. The Hall–Kier alpha value is -1.94. The summed E-state index contributed by atoms with van der Waals surface area (Å²) in [5, 5.41) is 11.4. The summed E-state index contributed by atoms with van der Waals surface area (Å²) in [5.74, 6) is -1.31. The van der Waals surface area contributed by atoms with Gasteiger partial charge in [-0.25, -0.2) is 22.9 Å². The van der Waals surface area contributed by atoms with Crippen molar-refractivity contribution < 1.29 is 23.1 Å². The van der Waals surface area contributed by atoms with Gasteiger partial charge in [0.2, 0.25) is 5.91 Å². The summed E-state index contributed by atoms with van der Waals surface area (Å²) in [5.41, 5.74) is 0. The van der Waals surface area contributed by atoms with E-state index in [1.54, 1.807) is 25.5 Å². The minimum atomic E-state index is -3.80. The number of aliphatic carboxylic acids is 1. The molecule has 0 aliphatic heterocycles. The molecule has 1 aromatic rings. The van der Waals surface area contributed by atoms with Crippen LogP contribution in [0.3, 0.4) is 0 Å². The predicted octanol–water partition coefficient (Wildman–Crippen LogP) is 0.0124. The third-order valence-electron chi connectivity index (χ3n) is 3.80. The summed E-state index contributed by atoms with van der Waals surface area (Å²) in [4.78, 5) is 26.9. The van der Waals surface area contributed by atoms with Gasteiger partial charge >= 0.3 is 5.97 Å². The number of hydrogen-bond donors (Lipinski definition) is 3. The molecule has 0 spiro atoms. The molecule has 2 atom stereocenters. The van der Waals surface area contributed by atoms with Crippen LogP contribution in [-0.4, -0.2) is 47.5 Å². The molecular weight excluding hydrogens is 336 g/mol. The van der Waals surface area contributed by atoms with Crippen LogP contribution in [0.1, 0.15) is 32.5 Å². The lowest BCUT2D eigenvalue weighted by Crippen LogP contribution is -2.45. The molecule has 0 aliphatic rings. The molecule has 0 saturated heterocycles. The number of amides is 1. The molecule has 0 aliphatic carbocycles. The van der Waals surface area contributed by atoms with Crippen molar-refractivity contribution in [2.45, 2.75) is 44.7 Å². The zero-order valence-electron chi connectivity index (χ0n) is 14.2. The number of carboxylic acids is 1. The first-order valence-electron chi connectivity index (χ1n) is 7.60. The van der Waals surface area contributed by atoms with E-state index in [2.05, 4.69) is 15.0 Å². The Bertz CT molecular complexity index is 679. The van der Waals surface area contributed by atoms with Crippen LogP contribution in [0.2, 0.25) is 0 Å². The average molecular weight is 360 g/mol. The highest BCUT2D eigenvalue weighted by Crippen LogP contribution is 2.09. The number of aryl methyl sites for hydroxylation is 2. The number of imidazole rings is 1. The zero-order valence-corrected chi connectivity index (χ0v) is 15.1. The van der Waals surface area contributed by atoms with Gasteiger partial charge in [0.15, 0.2) is 5.03 Å². The number of rotatable bonds is 9. The summed E-state index contributed by atoms with van der Waals surface area (Å²) in [6.07, 6.45) is 1.81. The number of nitrogens with one attached hydrogen (secondary N) is 2. The molecule has 9 nitrogen and oxygen atoms in total. The Morgan fingerprint density at radius 3 is 2.50 bits per heavy atom. The molecule has 1 heterocycles. The topological polar surface area (TPSA) is 130 Å². The monoisotopic (exact) mass is 360 g/mol. The van der Waals surface area contributed by atoms with Gasteiger partial charge in [0, 0.05) is 26.2 Å². The van der Waals surface area contributed by atoms with E-state index in [1.807, 2.05) is 6.92 Å². The fourth-order valence-electron chi connectivity index (χ4n) is 1.96. The van der Waals surface area contributed by atoms with Gasteiger partial charge in [-0.05, 0) is 12.8 Å². The van der Waals surface area contributed by atoms with Crippen molar-refractivity contribution in [3.05, 3.63) is 12.0 Å². The van der Waals surface area contributed by atoms with Crippen molar-refractivity contribution in [1.82, 2.24) is 19.6 Å². The van der Waals surface area contributed by atoms with E-state index in [9.17, 15) is 18.0 Å². The van der Waals surface area contributed by atoms with Crippen LogP contribution in [0, 0.1) is 12.8 Å². The van der Waals surface area contributed by atoms with E-state index in [0.717, 1.165) is 0 Å². The number of carboxylic acid groups (broad SMARTS) is 1. The maximum absolute atomic E-state index is 12.1. The number of carbonyl (C=O) groups excluding carboxylic acids is 1. The van der Waals surface area contributed by atoms with E-state index in [-0.39, 0.29) is 23.9 Å². The minimum absolute atomic E-state index is 0.120. The molecule has 3 N–H and O–H groups in total. The Kier molecular flexibility index (Phi) is 6.91. The van der Waals surface area contributed by atoms with Gasteiger partial charge in [-0.15, -0.1) is 0 Å². The third kappa shape index (κ3) is 5.31. The van der Waals surface area contributed by atoms with Gasteiger partial charge in [-0.3, -0.25) is 4.79 Å². The van der Waals surface area contributed by atoms with Crippen molar-refractivity contribution in [2.75, 3.05) is 6.54 Å². The predicted molar refractivity (Wildman–Crippen MR) is 86.8 cm³/mol. The van der Waals surface area contributed by atoms with Gasteiger partial charge in [0.1, 0.15) is 11.9 Å². The SMILES string of the molecule is CC[C@H](C)[C@H](NC(=O)CCNS(=O)(=O)c1cn(C)c(C)n1)C(=O)O. The fourth-order valence-corrected chi connectivity index (χ4v) is 3.03. The van der Waals surface area contributed by atoms with E-state index < -0.39 is 27.9 Å². The molecule has 1 amide bonds. The van der Waals surface area contributed by atoms with Crippen molar-refractivity contribution >= 4 is 21.9 Å². The van der Waals surface area contributed by atoms with Gasteiger partial charge < -0.3 is 15.0 Å². The van der Waals surface area contributed by atoms with Crippen LogP contribution >= 0.6 is 0 Å². The lowest BCUT2D eigenvalue weighted by molar-refractivity contribution is -0.143. The normalized spacial score (nSPS) is 14.2. The van der Waals surface area contributed by atoms with Crippen LogP contribution in [0.4, 0.5) is 0 Å². The standard InChI is InChI=1S/C14H24N4O5S/c1-5-9(2)13(14(20)21)17-11(19)6-7-15-24(22,23)12-8-18(4)10(3)16-12/h8-9,13,15H,5-7H2,1-4H3,(H,17,19)(H,20,21)/t9-,13-/m0/s1. The molecule has 0 radical (unpaired) electrons. The second-order valence-electron chi connectivity index (χ2n) is 5.65.